The number of nitrogens with zero attached hydrogens (tertiary/aromatic N) is 2. The predicted molar refractivity (Wildman–Crippen MR) is 116 cm³/mol. The van der Waals surface area contributed by atoms with Crippen LogP contribution in [-0.2, 0) is 0 Å². The molecule has 0 aliphatic carbocycles. The Morgan fingerprint density at radius 2 is 1.76 bits per heavy atom. The zero-order valence-corrected chi connectivity index (χ0v) is 16.1. The minimum atomic E-state index is -0.0599. The van der Waals surface area contributed by atoms with Crippen molar-refractivity contribution in [3.63, 3.8) is 0 Å². The fourth-order valence-corrected chi connectivity index (χ4v) is 3.18. The largest absolute Gasteiger partial charge is 0.497 e. The highest BCUT2D eigenvalue weighted by atomic mass is 16.5. The summed E-state index contributed by atoms with van der Waals surface area (Å²) in [5, 5.41) is 0.628. The van der Waals surface area contributed by atoms with Crippen LogP contribution in [-0.4, -0.2) is 22.9 Å². The van der Waals surface area contributed by atoms with Gasteiger partial charge in [-0.25, -0.2) is 9.98 Å². The Morgan fingerprint density at radius 3 is 2.45 bits per heavy atom. The first-order valence-corrected chi connectivity index (χ1v) is 9.13. The van der Waals surface area contributed by atoms with Crippen LogP contribution in [0.3, 0.4) is 0 Å². The van der Waals surface area contributed by atoms with E-state index in [4.69, 9.17) is 10.5 Å². The van der Waals surface area contributed by atoms with E-state index in [1.807, 2.05) is 48.5 Å². The number of ether oxygens (including phenoxy) is 1. The van der Waals surface area contributed by atoms with Gasteiger partial charge in [-0.15, -0.1) is 0 Å². The van der Waals surface area contributed by atoms with Crippen LogP contribution in [0.5, 0.6) is 5.75 Å². The maximum absolute atomic E-state index is 12.6. The highest BCUT2D eigenvalue weighted by Gasteiger charge is 2.11. The van der Waals surface area contributed by atoms with Crippen molar-refractivity contribution in [2.45, 2.75) is 6.92 Å². The van der Waals surface area contributed by atoms with Gasteiger partial charge in [0.15, 0.2) is 11.2 Å². The summed E-state index contributed by atoms with van der Waals surface area (Å²) in [5.41, 5.74) is 9.88. The van der Waals surface area contributed by atoms with E-state index >= 15 is 0 Å². The Balaban J connectivity index is 1.66. The molecule has 0 bridgehead atoms. The normalized spacial score (nSPS) is 11.6. The monoisotopic (exact) mass is 384 g/mol. The van der Waals surface area contributed by atoms with E-state index in [0.29, 0.717) is 22.5 Å². The summed E-state index contributed by atoms with van der Waals surface area (Å²) in [5.74, 6) is 1.48. The van der Waals surface area contributed by atoms with E-state index in [-0.39, 0.29) is 11.3 Å². The Morgan fingerprint density at radius 1 is 1.03 bits per heavy atom. The highest BCUT2D eigenvalue weighted by molar-refractivity contribution is 6.00. The smallest absolute Gasteiger partial charge is 0.193 e. The van der Waals surface area contributed by atoms with Crippen molar-refractivity contribution in [3.05, 3.63) is 88.3 Å². The van der Waals surface area contributed by atoms with Gasteiger partial charge in [0.05, 0.1) is 12.8 Å². The number of fused-ring (bicyclic) bond motifs is 1. The van der Waals surface area contributed by atoms with Crippen molar-refractivity contribution >= 4 is 22.6 Å². The first-order chi connectivity index (χ1) is 14.1. The lowest BCUT2D eigenvalue weighted by atomic mass is 10.1. The van der Waals surface area contributed by atoms with E-state index in [1.54, 1.807) is 32.4 Å². The molecule has 144 valence electrons. The third-order valence-corrected chi connectivity index (χ3v) is 4.81. The molecule has 6 heteroatoms. The molecule has 0 amide bonds. The zero-order valence-electron chi connectivity index (χ0n) is 16.1. The number of H-pyrrole nitrogens is 1. The number of nitrogens with two attached hydrogens (primary N) is 1. The fourth-order valence-electron chi connectivity index (χ4n) is 3.18. The number of para-hydroxylation sites is 1. The molecule has 29 heavy (non-hydrogen) atoms. The summed E-state index contributed by atoms with van der Waals surface area (Å²) in [7, 11) is 1.64. The van der Waals surface area contributed by atoms with E-state index < -0.39 is 0 Å². The lowest BCUT2D eigenvalue weighted by Crippen LogP contribution is -2.21. The summed E-state index contributed by atoms with van der Waals surface area (Å²) >= 11 is 0. The Labute approximate surface area is 167 Å². The molecule has 3 N–H and O–H groups in total. The third kappa shape index (κ3) is 3.60. The van der Waals surface area contributed by atoms with Crippen molar-refractivity contribution in [1.82, 2.24) is 9.97 Å². The Bertz CT molecular complexity index is 1260. The molecule has 0 saturated carbocycles. The molecular weight excluding hydrogens is 364 g/mol. The maximum atomic E-state index is 12.6. The summed E-state index contributed by atoms with van der Waals surface area (Å²) in [6.45, 7) is 1.74. The average Bonchev–Trinajstić information content (AvgIpc) is 2.77. The lowest BCUT2D eigenvalue weighted by Gasteiger charge is -2.08. The summed E-state index contributed by atoms with van der Waals surface area (Å²) in [6.07, 6.45) is 1.74. The molecule has 0 spiro atoms. The van der Waals surface area contributed by atoms with Gasteiger partial charge < -0.3 is 15.5 Å². The number of benzene rings is 2. The van der Waals surface area contributed by atoms with Crippen LogP contribution in [0.4, 0.5) is 5.82 Å². The zero-order chi connectivity index (χ0) is 20.4. The minimum Gasteiger partial charge on any atom is -0.497 e. The van der Waals surface area contributed by atoms with E-state index in [9.17, 15) is 4.79 Å². The molecule has 6 nitrogen and oxygen atoms in total. The Kier molecular flexibility index (Phi) is 4.83. The SMILES string of the molecule is COc1ccc(-c2ccc(N=C(N)c3[nH]c4ccccc4c(=O)c3C)nc2)cc1. The average molecular weight is 384 g/mol. The third-order valence-electron chi connectivity index (χ3n) is 4.81. The number of nitrogens with one attached hydrogen (secondary N) is 1. The van der Waals surface area contributed by atoms with Gasteiger partial charge in [-0.1, -0.05) is 24.3 Å². The number of rotatable bonds is 4. The molecule has 0 aliphatic heterocycles. The van der Waals surface area contributed by atoms with Crippen molar-refractivity contribution < 1.29 is 4.74 Å². The summed E-state index contributed by atoms with van der Waals surface area (Å²) < 4.78 is 5.18. The molecule has 4 aromatic rings. The highest BCUT2D eigenvalue weighted by Crippen LogP contribution is 2.23. The molecular formula is C23H20N4O2. The van der Waals surface area contributed by atoms with Gasteiger partial charge >= 0.3 is 0 Å². The number of hydrogen-bond acceptors (Lipinski definition) is 4. The van der Waals surface area contributed by atoms with Gasteiger partial charge in [0.25, 0.3) is 0 Å². The number of pyridine rings is 2. The summed E-state index contributed by atoms with van der Waals surface area (Å²) in [4.78, 5) is 24.6. The first kappa shape index (κ1) is 18.4. The van der Waals surface area contributed by atoms with Crippen LogP contribution in [0.25, 0.3) is 22.0 Å². The topological polar surface area (TPSA) is 93.4 Å². The molecule has 2 heterocycles. The van der Waals surface area contributed by atoms with Gasteiger partial charge in [-0.05, 0) is 48.9 Å². The standard InChI is InChI=1S/C23H20N4O2/c1-14-21(26-19-6-4-3-5-18(19)22(14)28)23(24)27-20-12-9-16(13-25-20)15-7-10-17(29-2)11-8-15/h3-13H,1-2H3,(H,26,28)(H2,24,25,27). The van der Waals surface area contributed by atoms with E-state index in [0.717, 1.165) is 22.4 Å². The van der Waals surface area contributed by atoms with Crippen LogP contribution >= 0.6 is 0 Å². The molecule has 2 aromatic heterocycles. The second-order valence-electron chi connectivity index (χ2n) is 6.63. The van der Waals surface area contributed by atoms with Crippen LogP contribution in [0.2, 0.25) is 0 Å². The molecule has 0 radical (unpaired) electrons. The van der Waals surface area contributed by atoms with Crippen molar-refractivity contribution in [2.75, 3.05) is 7.11 Å². The molecule has 0 atom stereocenters. The maximum Gasteiger partial charge on any atom is 0.193 e. The second kappa shape index (κ2) is 7.59. The molecule has 0 unspecified atom stereocenters. The Hall–Kier alpha value is -3.93. The molecule has 0 fully saturated rings. The van der Waals surface area contributed by atoms with Crippen LogP contribution in [0.1, 0.15) is 11.3 Å². The molecule has 4 rings (SSSR count). The number of aromatic amines is 1. The van der Waals surface area contributed by atoms with E-state index in [1.165, 1.54) is 0 Å². The van der Waals surface area contributed by atoms with E-state index in [2.05, 4.69) is 15.0 Å². The molecule has 2 aromatic carbocycles. The number of aliphatic imine (C=N–C) groups is 1. The van der Waals surface area contributed by atoms with Crippen molar-refractivity contribution in [3.8, 4) is 16.9 Å². The predicted octanol–water partition coefficient (Wildman–Crippen LogP) is 3.94. The quantitative estimate of drug-likeness (QED) is 0.412. The van der Waals surface area contributed by atoms with Crippen molar-refractivity contribution in [2.24, 2.45) is 10.7 Å². The van der Waals surface area contributed by atoms with Crippen molar-refractivity contribution in [1.29, 1.82) is 0 Å². The first-order valence-electron chi connectivity index (χ1n) is 9.13. The number of aromatic nitrogens is 2. The minimum absolute atomic E-state index is 0.0599. The lowest BCUT2D eigenvalue weighted by molar-refractivity contribution is 0.415. The van der Waals surface area contributed by atoms with Gasteiger partial charge in [0, 0.05) is 28.2 Å². The van der Waals surface area contributed by atoms with Gasteiger partial charge in [0.1, 0.15) is 11.6 Å². The fraction of sp³-hybridized carbons (Fsp3) is 0.0870. The van der Waals surface area contributed by atoms with Crippen LogP contribution < -0.4 is 15.9 Å². The van der Waals surface area contributed by atoms with Gasteiger partial charge in [-0.2, -0.15) is 0 Å². The second-order valence-corrected chi connectivity index (χ2v) is 6.63. The van der Waals surface area contributed by atoms with Gasteiger partial charge in [-0.3, -0.25) is 4.79 Å². The van der Waals surface area contributed by atoms with Gasteiger partial charge in [0.2, 0.25) is 0 Å². The number of methoxy groups -OCH3 is 1. The number of amidine groups is 1. The van der Waals surface area contributed by atoms with Crippen LogP contribution in [0.15, 0.2) is 76.6 Å². The molecule has 0 saturated heterocycles. The number of hydrogen-bond donors (Lipinski definition) is 2. The van der Waals surface area contributed by atoms with Crippen LogP contribution in [0, 0.1) is 6.92 Å². The summed E-state index contributed by atoms with van der Waals surface area (Å²) in [6, 6.07) is 18.8. The molecule has 0 aliphatic rings.